The minimum absolute atomic E-state index is 0.506. The number of nitrogens with zero attached hydrogens (tertiary/aromatic N) is 2. The van der Waals surface area contributed by atoms with Crippen LogP contribution in [0, 0.1) is 0 Å². The Bertz CT molecular complexity index is 230. The molecule has 0 bridgehead atoms. The second-order valence-electron chi connectivity index (χ2n) is 2.91. The van der Waals surface area contributed by atoms with Gasteiger partial charge in [0, 0.05) is 18.1 Å². The molecule has 0 aliphatic carbocycles. The van der Waals surface area contributed by atoms with Crippen molar-refractivity contribution in [2.24, 2.45) is 7.05 Å². The lowest BCUT2D eigenvalue weighted by atomic mass is 10.0. The maximum atomic E-state index is 4.12. The van der Waals surface area contributed by atoms with E-state index in [2.05, 4.69) is 41.1 Å². The predicted molar refractivity (Wildman–Crippen MR) is 50.0 cm³/mol. The number of aromatic nitrogens is 2. The van der Waals surface area contributed by atoms with Crippen LogP contribution in [0.5, 0.6) is 0 Å². The third-order valence-electron chi connectivity index (χ3n) is 1.94. The normalized spacial score (nSPS) is 16.4. The number of rotatable bonds is 2. The van der Waals surface area contributed by atoms with Crippen LogP contribution in [0.15, 0.2) is 12.4 Å². The maximum absolute atomic E-state index is 4.12. The molecule has 0 saturated carbocycles. The van der Waals surface area contributed by atoms with Crippen molar-refractivity contribution >= 4 is 15.9 Å². The smallest absolute Gasteiger partial charge is 0.0524 e. The van der Waals surface area contributed by atoms with Gasteiger partial charge in [-0.3, -0.25) is 4.68 Å². The Labute approximate surface area is 75.7 Å². The molecule has 62 valence electrons. The molecule has 0 aliphatic rings. The topological polar surface area (TPSA) is 17.8 Å². The lowest BCUT2D eigenvalue weighted by Crippen LogP contribution is -2.02. The predicted octanol–water partition coefficient (Wildman–Crippen LogP) is 2.31. The molecule has 1 aromatic heterocycles. The molecular formula is C8H13BrN2. The Morgan fingerprint density at radius 3 is 2.55 bits per heavy atom. The van der Waals surface area contributed by atoms with Gasteiger partial charge in [-0.25, -0.2) is 0 Å². The third kappa shape index (κ3) is 2.06. The van der Waals surface area contributed by atoms with Crippen molar-refractivity contribution in [3.05, 3.63) is 18.0 Å². The molecule has 1 rings (SSSR count). The molecule has 2 atom stereocenters. The summed E-state index contributed by atoms with van der Waals surface area (Å²) in [6.45, 7) is 4.34. The summed E-state index contributed by atoms with van der Waals surface area (Å²) in [5.41, 5.74) is 1.29. The van der Waals surface area contributed by atoms with E-state index in [1.807, 2.05) is 17.9 Å². The van der Waals surface area contributed by atoms with Crippen molar-refractivity contribution in [1.29, 1.82) is 0 Å². The number of halogens is 1. The van der Waals surface area contributed by atoms with Crippen LogP contribution < -0.4 is 0 Å². The zero-order chi connectivity index (χ0) is 8.43. The van der Waals surface area contributed by atoms with Crippen molar-refractivity contribution < 1.29 is 0 Å². The highest BCUT2D eigenvalue weighted by atomic mass is 79.9. The van der Waals surface area contributed by atoms with E-state index in [1.54, 1.807) is 0 Å². The number of alkyl halides is 1. The minimum atomic E-state index is 0.506. The van der Waals surface area contributed by atoms with Crippen LogP contribution in [0.1, 0.15) is 25.3 Å². The van der Waals surface area contributed by atoms with Crippen molar-refractivity contribution in [1.82, 2.24) is 9.78 Å². The highest BCUT2D eigenvalue weighted by Gasteiger charge is 2.11. The minimum Gasteiger partial charge on any atom is -0.276 e. The zero-order valence-electron chi connectivity index (χ0n) is 7.08. The first kappa shape index (κ1) is 8.78. The number of aryl methyl sites for hydroxylation is 1. The van der Waals surface area contributed by atoms with Gasteiger partial charge in [-0.1, -0.05) is 29.8 Å². The lowest BCUT2D eigenvalue weighted by molar-refractivity contribution is 0.748. The Morgan fingerprint density at radius 2 is 2.18 bits per heavy atom. The Kier molecular flexibility index (Phi) is 2.71. The fraction of sp³-hybridized carbons (Fsp3) is 0.625. The van der Waals surface area contributed by atoms with E-state index < -0.39 is 0 Å². The second-order valence-corrected chi connectivity index (χ2v) is 4.36. The second kappa shape index (κ2) is 3.39. The standard InChI is InChI=1S/C8H13BrN2/c1-6(7(2)9)8-4-10-11(3)5-8/h4-7H,1-3H3. The third-order valence-corrected chi connectivity index (χ3v) is 2.73. The molecule has 1 heterocycles. The van der Waals surface area contributed by atoms with Gasteiger partial charge < -0.3 is 0 Å². The van der Waals surface area contributed by atoms with E-state index >= 15 is 0 Å². The van der Waals surface area contributed by atoms with Gasteiger partial charge in [-0.2, -0.15) is 5.10 Å². The summed E-state index contributed by atoms with van der Waals surface area (Å²) in [6.07, 6.45) is 3.98. The summed E-state index contributed by atoms with van der Waals surface area (Å²) >= 11 is 3.55. The fourth-order valence-corrected chi connectivity index (χ4v) is 1.25. The molecule has 0 radical (unpaired) electrons. The molecule has 0 N–H and O–H groups in total. The van der Waals surface area contributed by atoms with E-state index in [4.69, 9.17) is 0 Å². The highest BCUT2D eigenvalue weighted by Crippen LogP contribution is 2.22. The van der Waals surface area contributed by atoms with E-state index in [0.717, 1.165) is 0 Å². The summed E-state index contributed by atoms with van der Waals surface area (Å²) in [6, 6.07) is 0. The quantitative estimate of drug-likeness (QED) is 0.695. The first-order chi connectivity index (χ1) is 5.11. The summed E-state index contributed by atoms with van der Waals surface area (Å²) in [4.78, 5) is 0.506. The van der Waals surface area contributed by atoms with Crippen LogP contribution in [-0.2, 0) is 7.05 Å². The van der Waals surface area contributed by atoms with Gasteiger partial charge in [0.15, 0.2) is 0 Å². The van der Waals surface area contributed by atoms with E-state index in [9.17, 15) is 0 Å². The average Bonchev–Trinajstić information content (AvgIpc) is 2.34. The first-order valence-corrected chi connectivity index (χ1v) is 4.65. The molecule has 0 fully saturated rings. The van der Waals surface area contributed by atoms with E-state index in [1.165, 1.54) is 5.56 Å². The summed E-state index contributed by atoms with van der Waals surface area (Å²) in [7, 11) is 1.94. The van der Waals surface area contributed by atoms with E-state index in [0.29, 0.717) is 10.7 Å². The van der Waals surface area contributed by atoms with Crippen molar-refractivity contribution in [3.8, 4) is 0 Å². The molecule has 11 heavy (non-hydrogen) atoms. The van der Waals surface area contributed by atoms with Crippen molar-refractivity contribution in [3.63, 3.8) is 0 Å². The van der Waals surface area contributed by atoms with Crippen LogP contribution >= 0.6 is 15.9 Å². The molecule has 0 spiro atoms. The SMILES string of the molecule is CC(Br)C(C)c1cnn(C)c1. The van der Waals surface area contributed by atoms with Gasteiger partial charge in [0.2, 0.25) is 0 Å². The molecule has 3 heteroatoms. The Morgan fingerprint density at radius 1 is 1.55 bits per heavy atom. The van der Waals surface area contributed by atoms with Gasteiger partial charge in [-0.15, -0.1) is 0 Å². The molecule has 2 nitrogen and oxygen atoms in total. The van der Waals surface area contributed by atoms with Gasteiger partial charge in [0.05, 0.1) is 6.20 Å². The largest absolute Gasteiger partial charge is 0.276 e. The highest BCUT2D eigenvalue weighted by molar-refractivity contribution is 9.09. The van der Waals surface area contributed by atoms with Gasteiger partial charge >= 0.3 is 0 Å². The van der Waals surface area contributed by atoms with Crippen LogP contribution in [0.3, 0.4) is 0 Å². The maximum Gasteiger partial charge on any atom is 0.0524 e. The lowest BCUT2D eigenvalue weighted by Gasteiger charge is -2.10. The Hall–Kier alpha value is -0.310. The monoisotopic (exact) mass is 216 g/mol. The zero-order valence-corrected chi connectivity index (χ0v) is 8.67. The Balaban J connectivity index is 2.76. The summed E-state index contributed by atoms with van der Waals surface area (Å²) in [5, 5.41) is 4.12. The molecule has 0 aliphatic heterocycles. The molecular weight excluding hydrogens is 204 g/mol. The number of hydrogen-bond acceptors (Lipinski definition) is 1. The molecule has 0 amide bonds. The van der Waals surface area contributed by atoms with Gasteiger partial charge in [0.25, 0.3) is 0 Å². The van der Waals surface area contributed by atoms with Crippen LogP contribution in [0.2, 0.25) is 0 Å². The van der Waals surface area contributed by atoms with Gasteiger partial charge in [-0.05, 0) is 11.5 Å². The van der Waals surface area contributed by atoms with Gasteiger partial charge in [0.1, 0.15) is 0 Å². The summed E-state index contributed by atoms with van der Waals surface area (Å²) in [5.74, 6) is 0.531. The average molecular weight is 217 g/mol. The van der Waals surface area contributed by atoms with Crippen molar-refractivity contribution in [2.75, 3.05) is 0 Å². The van der Waals surface area contributed by atoms with Crippen LogP contribution in [-0.4, -0.2) is 14.6 Å². The number of hydrogen-bond donors (Lipinski definition) is 0. The van der Waals surface area contributed by atoms with E-state index in [-0.39, 0.29) is 0 Å². The fourth-order valence-electron chi connectivity index (χ4n) is 0.940. The molecule has 0 saturated heterocycles. The molecule has 0 aromatic carbocycles. The first-order valence-electron chi connectivity index (χ1n) is 3.74. The molecule has 1 aromatic rings. The van der Waals surface area contributed by atoms with Crippen molar-refractivity contribution in [2.45, 2.75) is 24.6 Å². The van der Waals surface area contributed by atoms with Crippen LogP contribution in [0.4, 0.5) is 0 Å². The molecule has 2 unspecified atom stereocenters. The summed E-state index contributed by atoms with van der Waals surface area (Å²) < 4.78 is 1.83. The van der Waals surface area contributed by atoms with Crippen LogP contribution in [0.25, 0.3) is 0 Å².